The summed E-state index contributed by atoms with van der Waals surface area (Å²) in [6.45, 7) is 6.56. The highest BCUT2D eigenvalue weighted by atomic mass is 16.5. The van der Waals surface area contributed by atoms with Crippen molar-refractivity contribution >= 4 is 17.8 Å². The molecule has 7 heteroatoms. The highest BCUT2D eigenvalue weighted by Crippen LogP contribution is 2.13. The second-order valence-corrected chi connectivity index (χ2v) is 5.26. The SMILES string of the molecule is CCOC(=O)/C=C/C(=O)NNC(=O)c1ccc(OCC(C)C)cc1. The summed E-state index contributed by atoms with van der Waals surface area (Å²) in [5, 5.41) is 0. The quantitative estimate of drug-likeness (QED) is 0.449. The number of hydrogen-bond acceptors (Lipinski definition) is 5. The summed E-state index contributed by atoms with van der Waals surface area (Å²) in [6, 6.07) is 6.54. The van der Waals surface area contributed by atoms with E-state index >= 15 is 0 Å². The number of ether oxygens (including phenoxy) is 2. The van der Waals surface area contributed by atoms with Gasteiger partial charge < -0.3 is 9.47 Å². The fraction of sp³-hybridized carbons (Fsp3) is 0.353. The van der Waals surface area contributed by atoms with Crippen LogP contribution in [0.25, 0.3) is 0 Å². The first-order valence-electron chi connectivity index (χ1n) is 7.60. The lowest BCUT2D eigenvalue weighted by atomic mass is 10.2. The predicted molar refractivity (Wildman–Crippen MR) is 88.2 cm³/mol. The van der Waals surface area contributed by atoms with Gasteiger partial charge in [0.15, 0.2) is 0 Å². The minimum absolute atomic E-state index is 0.221. The zero-order valence-electron chi connectivity index (χ0n) is 14.0. The summed E-state index contributed by atoms with van der Waals surface area (Å²) >= 11 is 0. The Balaban J connectivity index is 2.44. The molecule has 7 nitrogen and oxygen atoms in total. The van der Waals surface area contributed by atoms with E-state index in [1.165, 1.54) is 0 Å². The Morgan fingerprint density at radius 1 is 1.08 bits per heavy atom. The number of benzene rings is 1. The molecule has 130 valence electrons. The molecule has 0 aliphatic rings. The van der Waals surface area contributed by atoms with Gasteiger partial charge in [-0.2, -0.15) is 0 Å². The van der Waals surface area contributed by atoms with E-state index in [1.807, 2.05) is 13.8 Å². The van der Waals surface area contributed by atoms with Crippen molar-refractivity contribution in [2.75, 3.05) is 13.2 Å². The van der Waals surface area contributed by atoms with Gasteiger partial charge in [0.1, 0.15) is 5.75 Å². The van der Waals surface area contributed by atoms with Gasteiger partial charge in [0.2, 0.25) is 0 Å². The van der Waals surface area contributed by atoms with Crippen LogP contribution >= 0.6 is 0 Å². The first-order chi connectivity index (χ1) is 11.4. The molecule has 0 unspecified atom stereocenters. The number of carbonyl (C=O) groups excluding carboxylic acids is 3. The van der Waals surface area contributed by atoms with Gasteiger partial charge in [-0.1, -0.05) is 13.8 Å². The van der Waals surface area contributed by atoms with E-state index in [2.05, 4.69) is 15.6 Å². The van der Waals surface area contributed by atoms with Crippen LogP contribution in [0.3, 0.4) is 0 Å². The van der Waals surface area contributed by atoms with E-state index in [0.29, 0.717) is 23.8 Å². The average molecular weight is 334 g/mol. The van der Waals surface area contributed by atoms with Crippen LogP contribution in [0.2, 0.25) is 0 Å². The normalized spacial score (nSPS) is 10.5. The summed E-state index contributed by atoms with van der Waals surface area (Å²) < 4.78 is 10.1. The second kappa shape index (κ2) is 10.0. The van der Waals surface area contributed by atoms with Crippen LogP contribution < -0.4 is 15.6 Å². The van der Waals surface area contributed by atoms with Gasteiger partial charge >= 0.3 is 5.97 Å². The number of hydrogen-bond donors (Lipinski definition) is 2. The van der Waals surface area contributed by atoms with E-state index in [0.717, 1.165) is 12.2 Å². The summed E-state index contributed by atoms with van der Waals surface area (Å²) in [6.07, 6.45) is 1.95. The molecule has 2 amide bonds. The molecule has 24 heavy (non-hydrogen) atoms. The molecular weight excluding hydrogens is 312 g/mol. The zero-order valence-corrected chi connectivity index (χ0v) is 14.0. The minimum Gasteiger partial charge on any atom is -0.493 e. The van der Waals surface area contributed by atoms with Crippen LogP contribution in [0.1, 0.15) is 31.1 Å². The van der Waals surface area contributed by atoms with Gasteiger partial charge in [-0.15, -0.1) is 0 Å². The van der Waals surface area contributed by atoms with Gasteiger partial charge in [0.25, 0.3) is 11.8 Å². The largest absolute Gasteiger partial charge is 0.493 e. The topological polar surface area (TPSA) is 93.7 Å². The monoisotopic (exact) mass is 334 g/mol. The van der Waals surface area contributed by atoms with Crippen LogP contribution in [0, 0.1) is 5.92 Å². The van der Waals surface area contributed by atoms with Crippen molar-refractivity contribution in [3.8, 4) is 5.75 Å². The number of carbonyl (C=O) groups is 3. The Morgan fingerprint density at radius 3 is 2.33 bits per heavy atom. The molecule has 1 aromatic carbocycles. The van der Waals surface area contributed by atoms with Gasteiger partial charge in [-0.25, -0.2) is 4.79 Å². The zero-order chi connectivity index (χ0) is 17.9. The van der Waals surface area contributed by atoms with E-state index in [4.69, 9.17) is 4.74 Å². The van der Waals surface area contributed by atoms with E-state index in [1.54, 1.807) is 31.2 Å². The molecule has 0 saturated heterocycles. The van der Waals surface area contributed by atoms with Gasteiger partial charge in [0.05, 0.1) is 13.2 Å². The maximum Gasteiger partial charge on any atom is 0.330 e. The number of amides is 2. The lowest BCUT2D eigenvalue weighted by molar-refractivity contribution is -0.137. The summed E-state index contributed by atoms with van der Waals surface area (Å²) in [4.78, 5) is 34.4. The van der Waals surface area contributed by atoms with Gasteiger partial charge in [-0.05, 0) is 37.1 Å². The number of esters is 1. The maximum atomic E-state index is 11.9. The van der Waals surface area contributed by atoms with Crippen molar-refractivity contribution in [1.29, 1.82) is 0 Å². The standard InChI is InChI=1S/C17H22N2O5/c1-4-23-16(21)10-9-15(20)18-19-17(22)13-5-7-14(8-6-13)24-11-12(2)3/h5-10,12H,4,11H2,1-3H3,(H,18,20)(H,19,22)/b10-9+. The Morgan fingerprint density at radius 2 is 1.75 bits per heavy atom. The molecular formula is C17H22N2O5. The number of hydrazine groups is 1. The van der Waals surface area contributed by atoms with E-state index in [-0.39, 0.29) is 6.61 Å². The molecule has 0 radical (unpaired) electrons. The molecule has 0 aromatic heterocycles. The molecule has 0 bridgehead atoms. The minimum atomic E-state index is -0.645. The van der Waals surface area contributed by atoms with Crippen LogP contribution in [0.15, 0.2) is 36.4 Å². The highest BCUT2D eigenvalue weighted by Gasteiger charge is 2.07. The molecule has 2 N–H and O–H groups in total. The summed E-state index contributed by atoms with van der Waals surface area (Å²) in [7, 11) is 0. The molecule has 0 atom stereocenters. The van der Waals surface area contributed by atoms with Crippen molar-refractivity contribution in [3.63, 3.8) is 0 Å². The first kappa shape index (κ1) is 19.2. The Labute approximate surface area is 141 Å². The smallest absolute Gasteiger partial charge is 0.330 e. The van der Waals surface area contributed by atoms with Crippen LogP contribution in [0.4, 0.5) is 0 Å². The third-order valence-corrected chi connectivity index (χ3v) is 2.66. The van der Waals surface area contributed by atoms with Crippen molar-refractivity contribution in [2.24, 2.45) is 5.92 Å². The van der Waals surface area contributed by atoms with Gasteiger partial charge in [-0.3, -0.25) is 20.4 Å². The molecule has 0 heterocycles. The molecule has 0 saturated carbocycles. The third kappa shape index (κ3) is 7.44. The van der Waals surface area contributed by atoms with Crippen molar-refractivity contribution in [3.05, 3.63) is 42.0 Å². The van der Waals surface area contributed by atoms with Crippen molar-refractivity contribution in [2.45, 2.75) is 20.8 Å². The molecule has 0 fully saturated rings. The third-order valence-electron chi connectivity index (χ3n) is 2.66. The maximum absolute atomic E-state index is 11.9. The number of rotatable bonds is 7. The Bertz CT molecular complexity index is 594. The van der Waals surface area contributed by atoms with Crippen molar-refractivity contribution in [1.82, 2.24) is 10.9 Å². The average Bonchev–Trinajstić information content (AvgIpc) is 2.56. The van der Waals surface area contributed by atoms with E-state index < -0.39 is 17.8 Å². The molecule has 0 aliphatic carbocycles. The summed E-state index contributed by atoms with van der Waals surface area (Å²) in [5.41, 5.74) is 4.77. The Kier molecular flexibility index (Phi) is 8.04. The predicted octanol–water partition coefficient (Wildman–Crippen LogP) is 1.60. The van der Waals surface area contributed by atoms with Crippen LogP contribution in [-0.4, -0.2) is 31.0 Å². The highest BCUT2D eigenvalue weighted by molar-refractivity contribution is 5.98. The molecule has 0 aliphatic heterocycles. The fourth-order valence-corrected chi connectivity index (χ4v) is 1.53. The molecule has 1 rings (SSSR count). The fourth-order valence-electron chi connectivity index (χ4n) is 1.53. The van der Waals surface area contributed by atoms with E-state index in [9.17, 15) is 14.4 Å². The van der Waals surface area contributed by atoms with Crippen LogP contribution in [0.5, 0.6) is 5.75 Å². The lowest BCUT2D eigenvalue weighted by Gasteiger charge is -2.09. The lowest BCUT2D eigenvalue weighted by Crippen LogP contribution is -2.40. The molecule has 0 spiro atoms. The van der Waals surface area contributed by atoms with Crippen LogP contribution in [-0.2, 0) is 14.3 Å². The summed E-state index contributed by atoms with van der Waals surface area (Å²) in [5.74, 6) is -0.681. The Hall–Kier alpha value is -2.83. The van der Waals surface area contributed by atoms with Crippen molar-refractivity contribution < 1.29 is 23.9 Å². The number of nitrogens with one attached hydrogen (secondary N) is 2. The van der Waals surface area contributed by atoms with Gasteiger partial charge in [0, 0.05) is 17.7 Å². The molecule has 1 aromatic rings. The second-order valence-electron chi connectivity index (χ2n) is 5.26. The first-order valence-corrected chi connectivity index (χ1v) is 7.60.